The van der Waals surface area contributed by atoms with Crippen molar-refractivity contribution in [1.29, 1.82) is 0 Å². The number of hydrogen-bond donors (Lipinski definition) is 0. The normalized spacial score (nSPS) is 4.44. The monoisotopic (exact) mass is 1050 g/mol. The average Bonchev–Trinajstić information content (AvgIpc) is 1.41. The SMILES string of the molecule is [Al][CH2][CH-][O][Al].[U].[U].[U].[U]. The first-order chi connectivity index (χ1) is 2.41. The molecule has 0 aliphatic carbocycles. The van der Waals surface area contributed by atoms with E-state index in [0.29, 0.717) is 0 Å². The van der Waals surface area contributed by atoms with Crippen molar-refractivity contribution < 1.29 is 128 Å². The molecule has 0 saturated carbocycles. The van der Waals surface area contributed by atoms with Crippen LogP contribution in [0.5, 0.6) is 0 Å². The first kappa shape index (κ1) is 29.2. The Morgan fingerprint density at radius 1 is 1.11 bits per heavy atom. The standard InChI is InChI=1S/C2H3O.2Al.4U/c1-2-3;;;;;;/h2H,1H2;;;;;;/q-2;;+1;;;;. The minimum atomic E-state index is 0. The predicted octanol–water partition coefficient (Wildman–Crippen LogP) is -0.165. The van der Waals surface area contributed by atoms with Gasteiger partial charge in [0, 0.05) is 124 Å². The number of rotatable bonds is 2. The van der Waals surface area contributed by atoms with Crippen molar-refractivity contribution in [2.24, 2.45) is 0 Å². The summed E-state index contributed by atoms with van der Waals surface area (Å²) in [7, 11) is 0. The Morgan fingerprint density at radius 3 is 1.44 bits per heavy atom. The molecule has 0 bridgehead atoms. The van der Waals surface area contributed by atoms with E-state index in [-0.39, 0.29) is 124 Å². The molecular weight excluding hydrogens is 1050 g/mol. The van der Waals surface area contributed by atoms with Gasteiger partial charge in [0.2, 0.25) is 0 Å². The van der Waals surface area contributed by atoms with Gasteiger partial charge in [0.05, 0.1) is 16.3 Å². The summed E-state index contributed by atoms with van der Waals surface area (Å²) in [6.45, 7) is 1.68. The van der Waals surface area contributed by atoms with Gasteiger partial charge in [-0.2, -0.15) is 0 Å². The molecule has 40 valence electrons. The smallest absolute Gasteiger partial charge is 0.331 e. The summed E-state index contributed by atoms with van der Waals surface area (Å²) in [6, 6.07) is 0. The Morgan fingerprint density at radius 2 is 1.44 bits per heavy atom. The molecular formula is C2H3Al2OU4-. The van der Waals surface area contributed by atoms with E-state index < -0.39 is 0 Å². The Bertz CT molecular complexity index is 24.0. The van der Waals surface area contributed by atoms with E-state index in [1.807, 2.05) is 0 Å². The van der Waals surface area contributed by atoms with Crippen molar-refractivity contribution in [2.75, 3.05) is 0 Å². The molecule has 4 radical (unpaired) electrons. The molecule has 0 amide bonds. The van der Waals surface area contributed by atoms with Crippen LogP contribution in [0.4, 0.5) is 0 Å². The minimum Gasteiger partial charge on any atom is -0.689 e. The van der Waals surface area contributed by atoms with Crippen molar-refractivity contribution in [3.8, 4) is 0 Å². The van der Waals surface area contributed by atoms with Crippen molar-refractivity contribution in [1.82, 2.24) is 0 Å². The molecule has 0 aliphatic heterocycles. The molecule has 7 heteroatoms. The third-order valence-corrected chi connectivity index (χ3v) is 0.577. The van der Waals surface area contributed by atoms with Crippen molar-refractivity contribution >= 4 is 32.9 Å². The fourth-order valence-electron chi connectivity index (χ4n) is 0.0556. The molecule has 0 saturated heterocycles. The van der Waals surface area contributed by atoms with E-state index in [1.165, 1.54) is 0 Å². The fraction of sp³-hybridized carbons (Fsp3) is 0.500. The van der Waals surface area contributed by atoms with Gasteiger partial charge in [-0.05, 0) is 0 Å². The Kier molecular flexibility index (Phi) is 94.9. The van der Waals surface area contributed by atoms with E-state index in [4.69, 9.17) is 0 Å². The van der Waals surface area contributed by atoms with Crippen LogP contribution in [0.1, 0.15) is 0 Å². The quantitative estimate of drug-likeness (QED) is 0.277. The van der Waals surface area contributed by atoms with E-state index in [2.05, 4.69) is 36.7 Å². The van der Waals surface area contributed by atoms with Gasteiger partial charge in [-0.3, -0.25) is 6.61 Å². The van der Waals surface area contributed by atoms with Gasteiger partial charge in [0.15, 0.2) is 0 Å². The van der Waals surface area contributed by atoms with Gasteiger partial charge in [0.1, 0.15) is 0 Å². The third-order valence-electron chi connectivity index (χ3n) is 0.192. The molecule has 0 spiro atoms. The maximum Gasteiger partial charge on any atom is 0.331 e. The number of hydrogen-bond acceptors (Lipinski definition) is 1. The van der Waals surface area contributed by atoms with Crippen LogP contribution in [0.25, 0.3) is 0 Å². The van der Waals surface area contributed by atoms with Gasteiger partial charge in [-0.25, -0.2) is 5.28 Å². The van der Waals surface area contributed by atoms with Gasteiger partial charge in [0.25, 0.3) is 0 Å². The first-order valence-corrected chi connectivity index (χ1v) is 2.58. The van der Waals surface area contributed by atoms with Crippen LogP contribution in [0, 0.1) is 131 Å². The molecule has 0 heterocycles. The molecule has 0 aromatic heterocycles. The second-order valence-electron chi connectivity index (χ2n) is 0.538. The topological polar surface area (TPSA) is 9.23 Å². The summed E-state index contributed by atoms with van der Waals surface area (Å²) in [4.78, 5) is 0. The zero-order valence-electron chi connectivity index (χ0n) is 4.85. The summed E-state index contributed by atoms with van der Waals surface area (Å²) in [6.07, 6.45) is 0. The minimum absolute atomic E-state index is 0. The Hall–Kier alpha value is 5.23. The Labute approximate surface area is 168 Å². The van der Waals surface area contributed by atoms with E-state index in [9.17, 15) is 0 Å². The molecule has 0 aromatic rings. The molecule has 0 atom stereocenters. The molecule has 0 N–H and O–H groups in total. The summed E-state index contributed by atoms with van der Waals surface area (Å²) in [5.74, 6) is 0. The molecule has 0 fully saturated rings. The van der Waals surface area contributed by atoms with E-state index in [0.717, 1.165) is 5.28 Å². The second-order valence-corrected chi connectivity index (χ2v) is 1.28. The predicted molar refractivity (Wildman–Crippen MR) is 21.7 cm³/mol. The van der Waals surface area contributed by atoms with E-state index in [1.54, 1.807) is 6.61 Å². The molecule has 9 heavy (non-hydrogen) atoms. The summed E-state index contributed by atoms with van der Waals surface area (Å²) in [5.41, 5.74) is 0. The average molecular weight is 1050 g/mol. The zero-order valence-corrected chi connectivity index (χ0v) is 23.8. The van der Waals surface area contributed by atoms with Crippen LogP contribution in [-0.2, 0) is 3.79 Å². The first-order valence-electron chi connectivity index (χ1n) is 1.29. The van der Waals surface area contributed by atoms with Crippen LogP contribution in [-0.4, -0.2) is 32.9 Å². The van der Waals surface area contributed by atoms with Gasteiger partial charge in [-0.15, -0.1) is 0 Å². The van der Waals surface area contributed by atoms with Crippen LogP contribution >= 0.6 is 0 Å². The molecule has 0 aromatic carbocycles. The molecule has 0 rings (SSSR count). The van der Waals surface area contributed by atoms with Crippen molar-refractivity contribution in [3.05, 3.63) is 6.61 Å². The van der Waals surface area contributed by atoms with Crippen molar-refractivity contribution in [3.63, 3.8) is 0 Å². The maximum absolute atomic E-state index is 4.46. The maximum atomic E-state index is 4.46. The molecule has 0 unspecified atom stereocenters. The molecule has 1 nitrogen and oxygen atoms in total. The molecule has 0 aliphatic rings. The van der Waals surface area contributed by atoms with Crippen molar-refractivity contribution in [2.45, 2.75) is 5.28 Å². The van der Waals surface area contributed by atoms with E-state index >= 15 is 0 Å². The third kappa shape index (κ3) is 31.9. The van der Waals surface area contributed by atoms with Crippen LogP contribution in [0.2, 0.25) is 5.28 Å². The Balaban J connectivity index is -0.0000000133. The van der Waals surface area contributed by atoms with Crippen LogP contribution in [0.15, 0.2) is 0 Å². The zero-order chi connectivity index (χ0) is 4.12. The van der Waals surface area contributed by atoms with Crippen LogP contribution < -0.4 is 0 Å². The van der Waals surface area contributed by atoms with Gasteiger partial charge in [-0.1, -0.05) is 0 Å². The summed E-state index contributed by atoms with van der Waals surface area (Å²) in [5, 5.41) is 0.892. The van der Waals surface area contributed by atoms with Gasteiger partial charge < -0.3 is 3.79 Å². The summed E-state index contributed by atoms with van der Waals surface area (Å²) < 4.78 is 4.46. The van der Waals surface area contributed by atoms with Gasteiger partial charge >= 0.3 is 16.6 Å². The summed E-state index contributed by atoms with van der Waals surface area (Å²) >= 11 is 4.64. The second kappa shape index (κ2) is 29.2. The fourth-order valence-corrected chi connectivity index (χ4v) is 0.500. The van der Waals surface area contributed by atoms with Crippen LogP contribution in [0.3, 0.4) is 0 Å². The largest absolute Gasteiger partial charge is 0.689 e.